The maximum atomic E-state index is 12.6. The average molecular weight is 363 g/mol. The smallest absolute Gasteiger partial charge is 0.227 e. The molecule has 0 radical (unpaired) electrons. The van der Waals surface area contributed by atoms with Crippen LogP contribution >= 0.6 is 24.2 Å². The van der Waals surface area contributed by atoms with Crippen LogP contribution < -0.4 is 10.6 Å². The van der Waals surface area contributed by atoms with Crippen LogP contribution in [0, 0.1) is 5.92 Å². The molecule has 24 heavy (non-hydrogen) atoms. The molecular formula is C19H23ClN2OS. The summed E-state index contributed by atoms with van der Waals surface area (Å²) in [7, 11) is 0. The number of anilines is 1. The number of para-hydroxylation sites is 1. The van der Waals surface area contributed by atoms with Gasteiger partial charge in [-0.25, -0.2) is 0 Å². The molecule has 0 unspecified atom stereocenters. The molecule has 1 fully saturated rings. The molecule has 0 saturated carbocycles. The van der Waals surface area contributed by atoms with E-state index in [4.69, 9.17) is 0 Å². The molecule has 2 N–H and O–H groups in total. The van der Waals surface area contributed by atoms with E-state index >= 15 is 0 Å². The summed E-state index contributed by atoms with van der Waals surface area (Å²) in [6.45, 7) is 3.05. The highest BCUT2D eigenvalue weighted by Crippen LogP contribution is 2.33. The minimum Gasteiger partial charge on any atom is -0.325 e. The molecule has 0 spiro atoms. The lowest BCUT2D eigenvalue weighted by molar-refractivity contribution is -0.120. The van der Waals surface area contributed by atoms with Crippen LogP contribution in [-0.2, 0) is 4.79 Å². The van der Waals surface area contributed by atoms with Crippen molar-refractivity contribution < 1.29 is 4.79 Å². The Morgan fingerprint density at radius 1 is 1.12 bits per heavy atom. The second-order valence-electron chi connectivity index (χ2n) is 5.98. The molecule has 3 nitrogen and oxygen atoms in total. The first-order valence-corrected chi connectivity index (χ1v) is 8.90. The largest absolute Gasteiger partial charge is 0.325 e. The predicted octanol–water partition coefficient (Wildman–Crippen LogP) is 4.59. The van der Waals surface area contributed by atoms with E-state index in [0.29, 0.717) is 6.04 Å². The van der Waals surface area contributed by atoms with Gasteiger partial charge in [0.25, 0.3) is 0 Å². The van der Waals surface area contributed by atoms with E-state index in [1.807, 2.05) is 36.4 Å². The molecule has 1 amide bonds. The Balaban J connectivity index is 0.00000208. The van der Waals surface area contributed by atoms with Crippen LogP contribution in [0.25, 0.3) is 0 Å². The molecule has 2 aromatic carbocycles. The Morgan fingerprint density at radius 2 is 1.83 bits per heavy atom. The number of carbonyl (C=O) groups excluding carboxylic acids is 1. The Labute approximate surface area is 154 Å². The topological polar surface area (TPSA) is 41.1 Å². The Morgan fingerprint density at radius 3 is 2.58 bits per heavy atom. The van der Waals surface area contributed by atoms with Gasteiger partial charge in [0.1, 0.15) is 0 Å². The number of hydrogen-bond acceptors (Lipinski definition) is 3. The molecular weight excluding hydrogens is 340 g/mol. The molecule has 128 valence electrons. The van der Waals surface area contributed by atoms with Crippen LogP contribution in [-0.4, -0.2) is 18.5 Å². The second kappa shape index (κ2) is 9.11. The zero-order chi connectivity index (χ0) is 16.1. The summed E-state index contributed by atoms with van der Waals surface area (Å²) in [5, 5.41) is 6.52. The summed E-state index contributed by atoms with van der Waals surface area (Å²) < 4.78 is 0. The quantitative estimate of drug-likeness (QED) is 0.836. The fourth-order valence-electron chi connectivity index (χ4n) is 2.88. The van der Waals surface area contributed by atoms with Crippen molar-refractivity contribution >= 4 is 35.8 Å². The van der Waals surface area contributed by atoms with Crippen LogP contribution in [0.5, 0.6) is 0 Å². The number of amides is 1. The normalized spacial score (nSPS) is 20.0. The summed E-state index contributed by atoms with van der Waals surface area (Å²) >= 11 is 1.68. The first-order valence-electron chi connectivity index (χ1n) is 8.08. The van der Waals surface area contributed by atoms with E-state index in [1.54, 1.807) is 11.8 Å². The zero-order valence-corrected chi connectivity index (χ0v) is 15.3. The van der Waals surface area contributed by atoms with Gasteiger partial charge in [-0.3, -0.25) is 4.79 Å². The number of nitrogens with one attached hydrogen (secondary N) is 2. The third-order valence-electron chi connectivity index (χ3n) is 4.11. The van der Waals surface area contributed by atoms with Crippen molar-refractivity contribution in [2.45, 2.75) is 35.6 Å². The highest BCUT2D eigenvalue weighted by molar-refractivity contribution is 7.99. The van der Waals surface area contributed by atoms with Crippen molar-refractivity contribution in [1.82, 2.24) is 5.32 Å². The molecule has 1 saturated heterocycles. The maximum Gasteiger partial charge on any atom is 0.227 e. The third kappa shape index (κ3) is 5.00. The van der Waals surface area contributed by atoms with Crippen molar-refractivity contribution in [3.8, 4) is 0 Å². The molecule has 5 heteroatoms. The molecule has 0 aromatic heterocycles. The zero-order valence-electron chi connectivity index (χ0n) is 13.7. The van der Waals surface area contributed by atoms with Crippen LogP contribution in [0.1, 0.15) is 19.8 Å². The van der Waals surface area contributed by atoms with Gasteiger partial charge in [0.2, 0.25) is 5.91 Å². The van der Waals surface area contributed by atoms with E-state index in [1.165, 1.54) is 4.90 Å². The van der Waals surface area contributed by atoms with Crippen LogP contribution in [0.15, 0.2) is 64.4 Å². The van der Waals surface area contributed by atoms with Crippen LogP contribution in [0.4, 0.5) is 5.69 Å². The van der Waals surface area contributed by atoms with Gasteiger partial charge in [-0.2, -0.15) is 0 Å². The molecule has 0 bridgehead atoms. The first-order chi connectivity index (χ1) is 11.2. The standard InChI is InChI=1S/C19H22N2OS.ClH/c1-14-13-15(11-12-20-14)19(22)21-17-9-5-6-10-18(17)23-16-7-3-2-4-8-16;/h2-10,14-15,20H,11-13H2,1H3,(H,21,22);1H/t14-,15-;/m0./s1. The number of rotatable bonds is 4. The van der Waals surface area contributed by atoms with E-state index in [2.05, 4.69) is 35.8 Å². The minimum atomic E-state index is 0. The van der Waals surface area contributed by atoms with Gasteiger partial charge in [0.15, 0.2) is 0 Å². The van der Waals surface area contributed by atoms with Gasteiger partial charge in [-0.05, 0) is 50.6 Å². The van der Waals surface area contributed by atoms with Crippen LogP contribution in [0.2, 0.25) is 0 Å². The molecule has 0 aliphatic carbocycles. The van der Waals surface area contributed by atoms with Crippen molar-refractivity contribution in [2.75, 3.05) is 11.9 Å². The number of benzene rings is 2. The molecule has 3 rings (SSSR count). The minimum absolute atomic E-state index is 0. The van der Waals surface area contributed by atoms with Crippen molar-refractivity contribution in [2.24, 2.45) is 5.92 Å². The summed E-state index contributed by atoms with van der Waals surface area (Å²) in [5.74, 6) is 0.237. The Bertz CT molecular complexity index is 665. The predicted molar refractivity (Wildman–Crippen MR) is 103 cm³/mol. The van der Waals surface area contributed by atoms with Gasteiger partial charge >= 0.3 is 0 Å². The highest BCUT2D eigenvalue weighted by atomic mass is 35.5. The number of hydrogen-bond donors (Lipinski definition) is 2. The summed E-state index contributed by atoms with van der Waals surface area (Å²) in [6, 6.07) is 18.6. The van der Waals surface area contributed by atoms with Gasteiger partial charge in [0.05, 0.1) is 5.69 Å². The van der Waals surface area contributed by atoms with Gasteiger partial charge < -0.3 is 10.6 Å². The number of carbonyl (C=O) groups is 1. The lowest BCUT2D eigenvalue weighted by atomic mass is 9.92. The summed E-state index contributed by atoms with van der Waals surface area (Å²) in [5.41, 5.74) is 0.900. The van der Waals surface area contributed by atoms with Crippen molar-refractivity contribution in [1.29, 1.82) is 0 Å². The summed E-state index contributed by atoms with van der Waals surface area (Å²) in [6.07, 6.45) is 1.81. The van der Waals surface area contributed by atoms with Crippen molar-refractivity contribution in [3.05, 3.63) is 54.6 Å². The molecule has 1 aliphatic heterocycles. The number of halogens is 1. The Kier molecular flexibility index (Phi) is 7.16. The second-order valence-corrected chi connectivity index (χ2v) is 7.09. The van der Waals surface area contributed by atoms with E-state index in [0.717, 1.165) is 30.0 Å². The number of piperidine rings is 1. The molecule has 1 aliphatic rings. The van der Waals surface area contributed by atoms with Crippen LogP contribution in [0.3, 0.4) is 0 Å². The van der Waals surface area contributed by atoms with Crippen molar-refractivity contribution in [3.63, 3.8) is 0 Å². The van der Waals surface area contributed by atoms with E-state index in [9.17, 15) is 4.79 Å². The first kappa shape index (κ1) is 18.8. The Hall–Kier alpha value is -1.49. The van der Waals surface area contributed by atoms with E-state index < -0.39 is 0 Å². The maximum absolute atomic E-state index is 12.6. The lowest BCUT2D eigenvalue weighted by Crippen LogP contribution is -2.40. The summed E-state index contributed by atoms with van der Waals surface area (Å²) in [4.78, 5) is 14.8. The molecule has 2 aromatic rings. The van der Waals surface area contributed by atoms with Gasteiger partial charge in [-0.15, -0.1) is 12.4 Å². The average Bonchev–Trinajstić information content (AvgIpc) is 2.57. The van der Waals surface area contributed by atoms with Gasteiger partial charge in [-0.1, -0.05) is 42.1 Å². The monoisotopic (exact) mass is 362 g/mol. The molecule has 2 atom stereocenters. The molecule has 1 heterocycles. The SMILES string of the molecule is C[C@H]1C[C@@H](C(=O)Nc2ccccc2Sc2ccccc2)CCN1.Cl. The third-order valence-corrected chi connectivity index (χ3v) is 5.19. The lowest BCUT2D eigenvalue weighted by Gasteiger charge is -2.27. The fourth-order valence-corrected chi connectivity index (χ4v) is 3.80. The fraction of sp³-hybridized carbons (Fsp3) is 0.316. The highest BCUT2D eigenvalue weighted by Gasteiger charge is 2.25. The van der Waals surface area contributed by atoms with Gasteiger partial charge in [0, 0.05) is 21.8 Å². The van der Waals surface area contributed by atoms with E-state index in [-0.39, 0.29) is 24.2 Å².